The van der Waals surface area contributed by atoms with Gasteiger partial charge in [0.25, 0.3) is 5.60 Å². The smallest absolute Gasteiger partial charge is 0.432 e. The Morgan fingerprint density at radius 3 is 1.83 bits per heavy atom. The van der Waals surface area contributed by atoms with Crippen molar-refractivity contribution in [2.75, 3.05) is 0 Å². The fourth-order valence-corrected chi connectivity index (χ4v) is 2.75. The lowest BCUT2D eigenvalue weighted by atomic mass is 9.76. The van der Waals surface area contributed by atoms with E-state index in [0.717, 1.165) is 0 Å². The van der Waals surface area contributed by atoms with Crippen LogP contribution in [-0.2, 0) is 21.2 Å². The molecule has 0 aromatic heterocycles. The van der Waals surface area contributed by atoms with Crippen LogP contribution < -0.4 is 4.74 Å². The summed E-state index contributed by atoms with van der Waals surface area (Å²) in [4.78, 5) is 11.9. The van der Waals surface area contributed by atoms with Gasteiger partial charge in [0.1, 0.15) is 11.5 Å². The number of phenols is 1. The summed E-state index contributed by atoms with van der Waals surface area (Å²) in [5, 5.41) is 20.6. The Hall–Kier alpha value is -1.76. The maximum atomic E-state index is 13.4. The summed E-state index contributed by atoms with van der Waals surface area (Å²) in [6, 6.07) is 1.53. The molecule has 7 heteroatoms. The number of aliphatic hydroxyl groups is 1. The molecule has 0 fully saturated rings. The normalized spacial score (nSPS) is 21.7. The van der Waals surface area contributed by atoms with Gasteiger partial charge in [-0.3, -0.25) is 0 Å². The number of ether oxygens (including phenoxy) is 1. The van der Waals surface area contributed by atoms with Crippen LogP contribution in [0.5, 0.6) is 11.5 Å². The molecule has 1 unspecified atom stereocenters. The van der Waals surface area contributed by atoms with Crippen LogP contribution in [0.15, 0.2) is 6.07 Å². The molecule has 0 amide bonds. The summed E-state index contributed by atoms with van der Waals surface area (Å²) in [5.41, 5.74) is -5.67. The van der Waals surface area contributed by atoms with E-state index < -0.39 is 45.6 Å². The van der Waals surface area contributed by atoms with Gasteiger partial charge in [0.05, 0.1) is 5.56 Å². The second-order valence-corrected chi connectivity index (χ2v) is 8.12. The second kappa shape index (κ2) is 4.88. The van der Waals surface area contributed by atoms with E-state index in [2.05, 4.69) is 0 Å². The molecule has 1 aromatic rings. The first kappa shape index (κ1) is 18.6. The Morgan fingerprint density at radius 1 is 1.00 bits per heavy atom. The molecule has 0 bridgehead atoms. The minimum atomic E-state index is -5.32. The van der Waals surface area contributed by atoms with E-state index in [-0.39, 0.29) is 5.56 Å². The van der Waals surface area contributed by atoms with Gasteiger partial charge in [-0.2, -0.15) is 13.2 Å². The van der Waals surface area contributed by atoms with Crippen molar-refractivity contribution < 1.29 is 32.9 Å². The number of carbonyl (C=O) groups excluding carboxylic acids is 1. The number of halogens is 3. The quantitative estimate of drug-likeness (QED) is 0.556. The number of hydrogen-bond acceptors (Lipinski definition) is 4. The molecule has 2 rings (SSSR count). The molecular formula is C17H21F3O4. The maximum Gasteiger partial charge on any atom is 0.432 e. The minimum absolute atomic E-state index is 0.201. The van der Waals surface area contributed by atoms with Gasteiger partial charge in [0, 0.05) is 11.1 Å². The molecule has 1 atom stereocenters. The number of fused-ring (bicyclic) bond motifs is 1. The van der Waals surface area contributed by atoms with E-state index in [1.807, 2.05) is 0 Å². The van der Waals surface area contributed by atoms with Gasteiger partial charge in [-0.25, -0.2) is 4.79 Å². The van der Waals surface area contributed by atoms with E-state index in [1.54, 1.807) is 41.5 Å². The molecule has 134 valence electrons. The van der Waals surface area contributed by atoms with Crippen molar-refractivity contribution in [1.29, 1.82) is 0 Å². The predicted octanol–water partition coefficient (Wildman–Crippen LogP) is 3.66. The summed E-state index contributed by atoms with van der Waals surface area (Å²) in [7, 11) is 0. The van der Waals surface area contributed by atoms with Crippen LogP contribution in [-0.4, -0.2) is 22.4 Å². The molecule has 0 saturated heterocycles. The molecule has 2 N–H and O–H groups in total. The van der Waals surface area contributed by atoms with Gasteiger partial charge in [0.2, 0.25) is 0 Å². The van der Waals surface area contributed by atoms with Crippen molar-refractivity contribution in [3.05, 3.63) is 22.8 Å². The van der Waals surface area contributed by atoms with Crippen LogP contribution in [0.2, 0.25) is 0 Å². The van der Waals surface area contributed by atoms with Crippen LogP contribution in [0.3, 0.4) is 0 Å². The Bertz CT molecular complexity index is 709. The molecule has 0 radical (unpaired) electrons. The van der Waals surface area contributed by atoms with Crippen molar-refractivity contribution in [2.45, 2.75) is 64.1 Å². The highest BCUT2D eigenvalue weighted by Crippen LogP contribution is 2.56. The van der Waals surface area contributed by atoms with Gasteiger partial charge in [0.15, 0.2) is 0 Å². The Balaban J connectivity index is 2.99. The summed E-state index contributed by atoms with van der Waals surface area (Å²) >= 11 is 0. The first-order valence-corrected chi connectivity index (χ1v) is 7.45. The van der Waals surface area contributed by atoms with Gasteiger partial charge in [-0.1, -0.05) is 41.5 Å². The lowest BCUT2D eigenvalue weighted by Gasteiger charge is -2.30. The van der Waals surface area contributed by atoms with Crippen LogP contribution >= 0.6 is 0 Å². The van der Waals surface area contributed by atoms with E-state index in [4.69, 9.17) is 4.74 Å². The van der Waals surface area contributed by atoms with Crippen molar-refractivity contribution >= 4 is 5.97 Å². The molecule has 1 heterocycles. The zero-order valence-electron chi connectivity index (χ0n) is 14.4. The number of hydrogen-bond donors (Lipinski definition) is 2. The summed E-state index contributed by atoms with van der Waals surface area (Å²) in [6.45, 7) is 10.4. The Labute approximate surface area is 138 Å². The van der Waals surface area contributed by atoms with E-state index in [0.29, 0.717) is 5.56 Å². The minimum Gasteiger partial charge on any atom is -0.507 e. The second-order valence-electron chi connectivity index (χ2n) is 8.12. The number of alkyl halides is 3. The van der Waals surface area contributed by atoms with Gasteiger partial charge < -0.3 is 14.9 Å². The third-order valence-corrected chi connectivity index (χ3v) is 4.13. The highest BCUT2D eigenvalue weighted by atomic mass is 19.4. The average molecular weight is 346 g/mol. The van der Waals surface area contributed by atoms with Crippen LogP contribution in [0.4, 0.5) is 13.2 Å². The predicted molar refractivity (Wildman–Crippen MR) is 81.1 cm³/mol. The van der Waals surface area contributed by atoms with Crippen LogP contribution in [0.1, 0.15) is 58.2 Å². The van der Waals surface area contributed by atoms with Gasteiger partial charge in [-0.05, 0) is 16.9 Å². The molecule has 1 aliphatic rings. The van der Waals surface area contributed by atoms with Crippen molar-refractivity contribution in [3.8, 4) is 11.5 Å². The van der Waals surface area contributed by atoms with Gasteiger partial charge >= 0.3 is 12.1 Å². The fraction of sp³-hybridized carbons (Fsp3) is 0.588. The third kappa shape index (κ3) is 2.46. The highest BCUT2D eigenvalue weighted by molar-refractivity contribution is 5.92. The molecule has 1 aromatic carbocycles. The number of carbonyl (C=O) groups is 1. The number of phenolic OH excluding ortho intramolecular Hbond substituents is 1. The van der Waals surface area contributed by atoms with E-state index >= 15 is 0 Å². The topological polar surface area (TPSA) is 66.8 Å². The maximum absolute atomic E-state index is 13.4. The molecule has 0 spiro atoms. The monoisotopic (exact) mass is 346 g/mol. The summed E-state index contributed by atoms with van der Waals surface area (Å²) in [5.74, 6) is -3.04. The summed E-state index contributed by atoms with van der Waals surface area (Å²) in [6.07, 6.45) is -5.32. The van der Waals surface area contributed by atoms with Crippen LogP contribution in [0.25, 0.3) is 0 Å². The lowest BCUT2D eigenvalue weighted by molar-refractivity contribution is -0.258. The molecule has 0 aliphatic carbocycles. The van der Waals surface area contributed by atoms with Crippen molar-refractivity contribution in [2.24, 2.45) is 0 Å². The highest BCUT2D eigenvalue weighted by Gasteiger charge is 2.68. The molecular weight excluding hydrogens is 325 g/mol. The zero-order chi connectivity index (χ0) is 18.9. The first-order valence-electron chi connectivity index (χ1n) is 7.45. The fourth-order valence-electron chi connectivity index (χ4n) is 2.75. The SMILES string of the molecule is CC(C)(C)c1cc(C(C)(C)C)c2c(c1O)C(O)(C(F)(F)F)C(=O)O2. The molecule has 24 heavy (non-hydrogen) atoms. The molecule has 1 aliphatic heterocycles. The Morgan fingerprint density at radius 2 is 1.46 bits per heavy atom. The average Bonchev–Trinajstić information content (AvgIpc) is 2.60. The number of rotatable bonds is 0. The lowest BCUT2D eigenvalue weighted by Crippen LogP contribution is -2.47. The van der Waals surface area contributed by atoms with Crippen molar-refractivity contribution in [1.82, 2.24) is 0 Å². The number of benzene rings is 1. The largest absolute Gasteiger partial charge is 0.507 e. The molecule has 4 nitrogen and oxygen atoms in total. The third-order valence-electron chi connectivity index (χ3n) is 4.13. The first-order chi connectivity index (χ1) is 10.5. The van der Waals surface area contributed by atoms with Crippen LogP contribution in [0, 0.1) is 0 Å². The van der Waals surface area contributed by atoms with E-state index in [9.17, 15) is 28.2 Å². The molecule has 0 saturated carbocycles. The van der Waals surface area contributed by atoms with E-state index in [1.165, 1.54) is 6.07 Å². The zero-order valence-corrected chi connectivity index (χ0v) is 14.4. The Kier molecular flexibility index (Phi) is 3.77. The summed E-state index contributed by atoms with van der Waals surface area (Å²) < 4.78 is 45.1. The number of esters is 1. The van der Waals surface area contributed by atoms with Gasteiger partial charge in [-0.15, -0.1) is 0 Å². The standard InChI is InChI=1S/C17H21F3O4/c1-14(2,3)8-7-9(15(4,5)6)12-10(11(8)21)16(23,13(22)24-12)17(18,19)20/h7,21,23H,1-6H3. The van der Waals surface area contributed by atoms with Crippen molar-refractivity contribution in [3.63, 3.8) is 0 Å². The number of aromatic hydroxyl groups is 1.